The minimum atomic E-state index is -4.16. The molecule has 0 heterocycles. The van der Waals surface area contributed by atoms with Crippen LogP contribution in [-0.2, 0) is 32.6 Å². The molecule has 0 radical (unpaired) electrons. The van der Waals surface area contributed by atoms with E-state index in [0.29, 0.717) is 22.8 Å². The molecule has 1 N–H and O–H groups in total. The number of sulfonamides is 1. The Morgan fingerprint density at radius 1 is 0.822 bits per heavy atom. The summed E-state index contributed by atoms with van der Waals surface area (Å²) in [4.78, 5) is 30.0. The van der Waals surface area contributed by atoms with Crippen LogP contribution in [0.15, 0.2) is 108 Å². The van der Waals surface area contributed by atoms with Gasteiger partial charge in [-0.25, -0.2) is 8.42 Å². The van der Waals surface area contributed by atoms with Crippen molar-refractivity contribution in [2.45, 2.75) is 51.6 Å². The molecule has 0 saturated carbocycles. The summed E-state index contributed by atoms with van der Waals surface area (Å²) in [5.74, 6) is -0.637. The lowest BCUT2D eigenvalue weighted by Gasteiger charge is -2.34. The summed E-state index contributed by atoms with van der Waals surface area (Å²) < 4.78 is 29.5. The fourth-order valence-corrected chi connectivity index (χ4v) is 6.73. The first-order valence-electron chi connectivity index (χ1n) is 15.0. The van der Waals surface area contributed by atoms with Gasteiger partial charge in [-0.1, -0.05) is 98.2 Å². The Morgan fingerprint density at radius 3 is 2.11 bits per heavy atom. The Kier molecular flexibility index (Phi) is 11.4. The summed E-state index contributed by atoms with van der Waals surface area (Å²) in [7, 11) is -4.16. The molecule has 0 fully saturated rings. The van der Waals surface area contributed by atoms with Crippen molar-refractivity contribution in [3.63, 3.8) is 0 Å². The van der Waals surface area contributed by atoms with Gasteiger partial charge in [-0.2, -0.15) is 0 Å². The zero-order valence-electron chi connectivity index (χ0n) is 26.1. The molecule has 4 aromatic rings. The smallest absolute Gasteiger partial charge is 0.264 e. The monoisotopic (exact) mass is 645 g/mol. The van der Waals surface area contributed by atoms with E-state index in [1.807, 2.05) is 76.2 Å². The second-order valence-electron chi connectivity index (χ2n) is 11.6. The Balaban J connectivity index is 1.82. The van der Waals surface area contributed by atoms with Crippen LogP contribution >= 0.6 is 11.6 Å². The minimum absolute atomic E-state index is 0.0536. The quantitative estimate of drug-likeness (QED) is 0.178. The van der Waals surface area contributed by atoms with E-state index >= 15 is 0 Å². The van der Waals surface area contributed by atoms with Crippen molar-refractivity contribution in [1.82, 2.24) is 10.2 Å². The fourth-order valence-electron chi connectivity index (χ4n) is 5.03. The van der Waals surface area contributed by atoms with E-state index in [0.717, 1.165) is 21.0 Å². The second-order valence-corrected chi connectivity index (χ2v) is 13.9. The number of hydrogen-bond acceptors (Lipinski definition) is 4. The molecule has 1 atom stereocenters. The van der Waals surface area contributed by atoms with Crippen LogP contribution in [0.1, 0.15) is 36.1 Å². The van der Waals surface area contributed by atoms with Gasteiger partial charge in [-0.3, -0.25) is 13.9 Å². The topological polar surface area (TPSA) is 86.8 Å². The minimum Gasteiger partial charge on any atom is -0.354 e. The molecule has 0 bridgehead atoms. The highest BCUT2D eigenvalue weighted by Gasteiger charge is 2.35. The van der Waals surface area contributed by atoms with E-state index in [9.17, 15) is 18.0 Å². The largest absolute Gasteiger partial charge is 0.354 e. The zero-order chi connectivity index (χ0) is 32.6. The van der Waals surface area contributed by atoms with Gasteiger partial charge in [-0.05, 0) is 72.4 Å². The van der Waals surface area contributed by atoms with Crippen LogP contribution in [0.3, 0.4) is 0 Å². The van der Waals surface area contributed by atoms with E-state index in [2.05, 4.69) is 5.32 Å². The van der Waals surface area contributed by atoms with Gasteiger partial charge < -0.3 is 10.2 Å². The number of hydrogen-bond donors (Lipinski definition) is 1. The molecule has 7 nitrogen and oxygen atoms in total. The number of halogens is 1. The molecule has 4 aromatic carbocycles. The number of anilines is 1. The van der Waals surface area contributed by atoms with E-state index in [1.165, 1.54) is 17.0 Å². The predicted octanol–water partition coefficient (Wildman–Crippen LogP) is 6.56. The molecular weight excluding hydrogens is 606 g/mol. The van der Waals surface area contributed by atoms with Crippen molar-refractivity contribution in [2.75, 3.05) is 17.4 Å². The molecule has 0 aliphatic heterocycles. The number of nitrogens with one attached hydrogen (secondary N) is 1. The third-order valence-electron chi connectivity index (χ3n) is 7.44. The van der Waals surface area contributed by atoms with Gasteiger partial charge >= 0.3 is 0 Å². The Bertz CT molecular complexity index is 1710. The first-order chi connectivity index (χ1) is 21.5. The van der Waals surface area contributed by atoms with Crippen molar-refractivity contribution in [1.29, 1.82) is 0 Å². The highest BCUT2D eigenvalue weighted by Crippen LogP contribution is 2.29. The van der Waals surface area contributed by atoms with Crippen LogP contribution < -0.4 is 9.62 Å². The number of carbonyl (C=O) groups is 2. The SMILES string of the molecule is Cc1ccc(C)c(N(CC(=O)N(Cc2cccc(Cl)c2)[C@@H](Cc2ccccc2)C(=O)NCC(C)C)S(=O)(=O)c2ccccc2)c1. The van der Waals surface area contributed by atoms with Crippen molar-refractivity contribution in [2.24, 2.45) is 5.92 Å². The van der Waals surface area contributed by atoms with Gasteiger partial charge in [0, 0.05) is 24.5 Å². The van der Waals surface area contributed by atoms with Crippen LogP contribution in [0.2, 0.25) is 5.02 Å². The predicted molar refractivity (Wildman–Crippen MR) is 181 cm³/mol. The molecule has 9 heteroatoms. The lowest BCUT2D eigenvalue weighted by atomic mass is 10.0. The van der Waals surface area contributed by atoms with Crippen LogP contribution in [0.4, 0.5) is 5.69 Å². The van der Waals surface area contributed by atoms with Gasteiger partial charge in [0.1, 0.15) is 12.6 Å². The first-order valence-corrected chi connectivity index (χ1v) is 16.8. The highest BCUT2D eigenvalue weighted by atomic mass is 35.5. The maximum atomic E-state index is 14.6. The summed E-state index contributed by atoms with van der Waals surface area (Å²) in [6.45, 7) is 7.66. The molecule has 0 saturated heterocycles. The Labute approximate surface area is 271 Å². The molecule has 0 spiro atoms. The molecule has 2 amide bonds. The molecule has 236 valence electrons. The van der Waals surface area contributed by atoms with Gasteiger partial charge in [0.15, 0.2) is 0 Å². The van der Waals surface area contributed by atoms with E-state index < -0.39 is 28.5 Å². The molecule has 45 heavy (non-hydrogen) atoms. The van der Waals surface area contributed by atoms with E-state index in [-0.39, 0.29) is 29.7 Å². The third-order valence-corrected chi connectivity index (χ3v) is 9.45. The van der Waals surface area contributed by atoms with Crippen LogP contribution in [-0.4, -0.2) is 44.3 Å². The van der Waals surface area contributed by atoms with Crippen LogP contribution in [0.5, 0.6) is 0 Å². The molecule has 0 unspecified atom stereocenters. The summed E-state index contributed by atoms with van der Waals surface area (Å²) in [5.41, 5.74) is 3.54. The van der Waals surface area contributed by atoms with Gasteiger partial charge in [-0.15, -0.1) is 0 Å². The third kappa shape index (κ3) is 8.96. The van der Waals surface area contributed by atoms with Crippen LogP contribution in [0, 0.1) is 19.8 Å². The summed E-state index contributed by atoms with van der Waals surface area (Å²) >= 11 is 6.32. The van der Waals surface area contributed by atoms with Crippen molar-refractivity contribution in [3.05, 3.63) is 130 Å². The van der Waals surface area contributed by atoms with E-state index in [4.69, 9.17) is 11.6 Å². The lowest BCUT2D eigenvalue weighted by molar-refractivity contribution is -0.140. The number of benzene rings is 4. The maximum absolute atomic E-state index is 14.6. The number of nitrogens with zero attached hydrogens (tertiary/aromatic N) is 2. The standard InChI is InChI=1S/C36H40ClN3O4S/c1-26(2)23-38-36(42)34(22-29-12-7-5-8-13-29)39(24-30-14-11-15-31(37)21-30)35(41)25-40(33-20-27(3)18-19-28(33)4)45(43,44)32-16-9-6-10-17-32/h5-21,26,34H,22-25H2,1-4H3,(H,38,42)/t34-/m0/s1. The average Bonchev–Trinajstić information content (AvgIpc) is 3.02. The van der Waals surface area contributed by atoms with Gasteiger partial charge in [0.2, 0.25) is 11.8 Å². The summed E-state index contributed by atoms with van der Waals surface area (Å²) in [6, 6.07) is 29.2. The Hall–Kier alpha value is -4.14. The number of aryl methyl sites for hydroxylation is 2. The molecule has 0 aliphatic rings. The lowest BCUT2D eigenvalue weighted by Crippen LogP contribution is -2.53. The number of rotatable bonds is 13. The highest BCUT2D eigenvalue weighted by molar-refractivity contribution is 7.92. The molecule has 0 aliphatic carbocycles. The number of carbonyl (C=O) groups excluding carboxylic acids is 2. The van der Waals surface area contributed by atoms with Crippen molar-refractivity contribution < 1.29 is 18.0 Å². The zero-order valence-corrected chi connectivity index (χ0v) is 27.7. The van der Waals surface area contributed by atoms with E-state index in [1.54, 1.807) is 42.5 Å². The molecular formula is C36H40ClN3O4S. The Morgan fingerprint density at radius 2 is 1.47 bits per heavy atom. The summed E-state index contributed by atoms with van der Waals surface area (Å²) in [5, 5.41) is 3.49. The molecule has 4 rings (SSSR count). The van der Waals surface area contributed by atoms with Crippen LogP contribution in [0.25, 0.3) is 0 Å². The summed E-state index contributed by atoms with van der Waals surface area (Å²) in [6.07, 6.45) is 0.242. The fraction of sp³-hybridized carbons (Fsp3) is 0.278. The normalized spacial score (nSPS) is 12.0. The first kappa shape index (κ1) is 33.7. The van der Waals surface area contributed by atoms with Gasteiger partial charge in [0.25, 0.3) is 10.0 Å². The maximum Gasteiger partial charge on any atom is 0.264 e. The van der Waals surface area contributed by atoms with Crippen molar-refractivity contribution >= 4 is 39.1 Å². The average molecular weight is 646 g/mol. The van der Waals surface area contributed by atoms with Gasteiger partial charge in [0.05, 0.1) is 10.6 Å². The number of amides is 2. The second kappa shape index (κ2) is 15.2. The van der Waals surface area contributed by atoms with Crippen molar-refractivity contribution in [3.8, 4) is 0 Å². The molecule has 0 aromatic heterocycles.